The molecule has 0 radical (unpaired) electrons. The first-order chi connectivity index (χ1) is 30.7. The molecule has 6 nitrogen and oxygen atoms in total. The first kappa shape index (κ1) is 34.4. The topological polar surface area (TPSA) is 61.9 Å². The molecule has 0 amide bonds. The fraction of sp³-hybridized carbons (Fsp3) is 0. The van der Waals surface area contributed by atoms with E-state index in [1.807, 2.05) is 30.3 Å². The molecule has 0 aliphatic heterocycles. The quantitative estimate of drug-likeness (QED) is 0.168. The summed E-state index contributed by atoms with van der Waals surface area (Å²) < 4.78 is 17.3. The van der Waals surface area contributed by atoms with Crippen LogP contribution in [0.25, 0.3) is 122 Å². The Labute approximate surface area is 355 Å². The Morgan fingerprint density at radius 3 is 1.11 bits per heavy atom. The number of nitrogens with zero attached hydrogens (tertiary/aromatic N) is 4. The van der Waals surface area contributed by atoms with Crippen LogP contribution in [0.3, 0.4) is 0 Å². The van der Waals surface area contributed by atoms with Gasteiger partial charge >= 0.3 is 0 Å². The number of para-hydroxylation sites is 6. The van der Waals surface area contributed by atoms with Crippen LogP contribution in [0.1, 0.15) is 0 Å². The zero-order valence-electron chi connectivity index (χ0n) is 33.2. The molecule has 0 saturated heterocycles. The number of benzene rings is 9. The molecule has 0 aliphatic carbocycles. The second-order valence-electron chi connectivity index (χ2n) is 15.8. The van der Waals surface area contributed by atoms with Crippen molar-refractivity contribution in [2.45, 2.75) is 0 Å². The number of imidazole rings is 2. The van der Waals surface area contributed by atoms with E-state index in [-0.39, 0.29) is 0 Å². The van der Waals surface area contributed by atoms with Gasteiger partial charge in [-0.05, 0) is 101 Å². The maximum absolute atomic E-state index is 6.43. The van der Waals surface area contributed by atoms with Gasteiger partial charge in [0, 0.05) is 50.1 Å². The van der Waals surface area contributed by atoms with Crippen molar-refractivity contribution in [3.8, 4) is 56.4 Å². The molecule has 0 atom stereocenters. The summed E-state index contributed by atoms with van der Waals surface area (Å²) in [5, 5.41) is 4.25. The van der Waals surface area contributed by atoms with E-state index in [0.29, 0.717) is 0 Å². The lowest BCUT2D eigenvalue weighted by Crippen LogP contribution is -1.97. The average Bonchev–Trinajstić information content (AvgIpc) is 4.11. The largest absolute Gasteiger partial charge is 0.456 e. The zero-order valence-corrected chi connectivity index (χ0v) is 33.2. The van der Waals surface area contributed by atoms with Crippen molar-refractivity contribution in [1.29, 1.82) is 0 Å². The fourth-order valence-electron chi connectivity index (χ4n) is 9.15. The molecule has 0 saturated carbocycles. The molecular formula is C56H34N4O2. The number of hydrogen-bond donors (Lipinski definition) is 0. The Bertz CT molecular complexity index is 3590. The highest BCUT2D eigenvalue weighted by Gasteiger charge is 2.18. The molecule has 4 aromatic heterocycles. The Morgan fingerprint density at radius 1 is 0.290 bits per heavy atom. The number of hydrogen-bond acceptors (Lipinski definition) is 4. The lowest BCUT2D eigenvalue weighted by Gasteiger charge is -2.10. The molecule has 62 heavy (non-hydrogen) atoms. The van der Waals surface area contributed by atoms with Crippen molar-refractivity contribution in [2.24, 2.45) is 0 Å². The minimum atomic E-state index is 0.802. The molecule has 13 rings (SSSR count). The monoisotopic (exact) mass is 794 g/mol. The van der Waals surface area contributed by atoms with E-state index in [4.69, 9.17) is 18.8 Å². The van der Waals surface area contributed by atoms with Gasteiger partial charge in [-0.2, -0.15) is 0 Å². The summed E-state index contributed by atoms with van der Waals surface area (Å²) in [4.78, 5) is 10.1. The average molecular weight is 795 g/mol. The predicted molar refractivity (Wildman–Crippen MR) is 252 cm³/mol. The maximum Gasteiger partial charge on any atom is 0.145 e. The number of furan rings is 2. The Balaban J connectivity index is 0.853. The summed E-state index contributed by atoms with van der Waals surface area (Å²) in [6.45, 7) is 0. The summed E-state index contributed by atoms with van der Waals surface area (Å²) in [5.74, 6) is 1.83. The van der Waals surface area contributed by atoms with Crippen LogP contribution in [0.15, 0.2) is 215 Å². The van der Waals surface area contributed by atoms with Crippen LogP contribution >= 0.6 is 0 Å². The number of rotatable bonds is 6. The van der Waals surface area contributed by atoms with Crippen LogP contribution in [0, 0.1) is 0 Å². The molecule has 13 aromatic rings. The van der Waals surface area contributed by atoms with Gasteiger partial charge in [0.15, 0.2) is 0 Å². The third kappa shape index (κ3) is 5.44. The molecule has 0 spiro atoms. The van der Waals surface area contributed by atoms with Gasteiger partial charge in [-0.1, -0.05) is 121 Å². The van der Waals surface area contributed by atoms with Crippen LogP contribution in [0.5, 0.6) is 0 Å². The van der Waals surface area contributed by atoms with Crippen molar-refractivity contribution in [3.05, 3.63) is 206 Å². The molecule has 290 valence electrons. The van der Waals surface area contributed by atoms with Gasteiger partial charge in [-0.25, -0.2) is 9.97 Å². The molecule has 0 fully saturated rings. The lowest BCUT2D eigenvalue weighted by atomic mass is 9.99. The summed E-state index contributed by atoms with van der Waals surface area (Å²) >= 11 is 0. The Morgan fingerprint density at radius 2 is 0.661 bits per heavy atom. The van der Waals surface area contributed by atoms with Crippen LogP contribution in [-0.4, -0.2) is 19.1 Å². The third-order valence-electron chi connectivity index (χ3n) is 12.2. The highest BCUT2D eigenvalue weighted by molar-refractivity contribution is 6.16. The van der Waals surface area contributed by atoms with Crippen molar-refractivity contribution < 1.29 is 8.83 Å². The van der Waals surface area contributed by atoms with Crippen LogP contribution in [-0.2, 0) is 0 Å². The molecular weight excluding hydrogens is 761 g/mol. The molecule has 4 heterocycles. The Hall–Kier alpha value is -8.48. The fourth-order valence-corrected chi connectivity index (χ4v) is 9.15. The van der Waals surface area contributed by atoms with Crippen LogP contribution in [0.2, 0.25) is 0 Å². The van der Waals surface area contributed by atoms with E-state index in [2.05, 4.69) is 185 Å². The molecule has 6 heteroatoms. The number of aromatic nitrogens is 4. The van der Waals surface area contributed by atoms with Gasteiger partial charge in [-0.3, -0.25) is 9.13 Å². The Kier molecular flexibility index (Phi) is 7.50. The smallest absolute Gasteiger partial charge is 0.145 e. The summed E-state index contributed by atoms with van der Waals surface area (Å²) in [6, 6.07) is 72.0. The highest BCUT2D eigenvalue weighted by atomic mass is 16.3. The molecule has 0 bridgehead atoms. The van der Waals surface area contributed by atoms with E-state index < -0.39 is 0 Å². The van der Waals surface area contributed by atoms with Gasteiger partial charge in [-0.15, -0.1) is 0 Å². The van der Waals surface area contributed by atoms with E-state index in [0.717, 1.165) is 122 Å². The predicted octanol–water partition coefficient (Wildman–Crippen LogP) is 14.8. The van der Waals surface area contributed by atoms with Crippen molar-refractivity contribution in [1.82, 2.24) is 19.1 Å². The SMILES string of the molecule is c1ccc(-n2c(-c3ccc(-c4ccc5oc6cc7oc8ccc(-c9ccc(-c%10nc%11ccccc%11n%10-c%10ccccc%10)cc9)cc8c7cc6c5c4)cc3)nc3ccccc32)cc1. The standard InChI is InChI=1S/C56H34N4O2/c1-3-11-41(12-4-1)59-49-17-9-7-15-47(49)57-55(59)37-23-19-35(20-24-37)39-27-29-51-43(31-39)45-33-46-44-32-40(28-30-52(44)62-54(46)34-53(45)61-51)36-21-25-38(26-22-36)56-58-48-16-8-10-18-50(48)60(56)42-13-5-2-6-14-42/h1-34H. The first-order valence-electron chi connectivity index (χ1n) is 20.8. The second-order valence-corrected chi connectivity index (χ2v) is 15.8. The van der Waals surface area contributed by atoms with Crippen molar-refractivity contribution in [3.63, 3.8) is 0 Å². The summed E-state index contributed by atoms with van der Waals surface area (Å²) in [5.41, 5.74) is 16.1. The van der Waals surface area contributed by atoms with Gasteiger partial charge in [0.2, 0.25) is 0 Å². The minimum Gasteiger partial charge on any atom is -0.456 e. The van der Waals surface area contributed by atoms with Crippen LogP contribution < -0.4 is 0 Å². The second kappa shape index (κ2) is 13.5. The van der Waals surface area contributed by atoms with Crippen molar-refractivity contribution >= 4 is 65.9 Å². The third-order valence-corrected chi connectivity index (χ3v) is 12.2. The van der Waals surface area contributed by atoms with E-state index in [9.17, 15) is 0 Å². The van der Waals surface area contributed by atoms with E-state index in [1.165, 1.54) is 0 Å². The van der Waals surface area contributed by atoms with Gasteiger partial charge in [0.1, 0.15) is 34.0 Å². The highest BCUT2D eigenvalue weighted by Crippen LogP contribution is 2.40. The van der Waals surface area contributed by atoms with Crippen LogP contribution in [0.4, 0.5) is 0 Å². The normalized spacial score (nSPS) is 11.9. The van der Waals surface area contributed by atoms with E-state index in [1.54, 1.807) is 0 Å². The van der Waals surface area contributed by atoms with Gasteiger partial charge in [0.25, 0.3) is 0 Å². The lowest BCUT2D eigenvalue weighted by molar-refractivity contribution is 0.656. The van der Waals surface area contributed by atoms with Gasteiger partial charge < -0.3 is 8.83 Å². The number of fused-ring (bicyclic) bond motifs is 8. The molecule has 0 aliphatic rings. The summed E-state index contributed by atoms with van der Waals surface area (Å²) in [7, 11) is 0. The zero-order chi connectivity index (χ0) is 40.7. The summed E-state index contributed by atoms with van der Waals surface area (Å²) in [6.07, 6.45) is 0. The molecule has 9 aromatic carbocycles. The minimum absolute atomic E-state index is 0.802. The van der Waals surface area contributed by atoms with E-state index >= 15 is 0 Å². The first-order valence-corrected chi connectivity index (χ1v) is 20.8. The van der Waals surface area contributed by atoms with Gasteiger partial charge in [0.05, 0.1) is 22.1 Å². The maximum atomic E-state index is 6.43. The molecule has 0 N–H and O–H groups in total. The van der Waals surface area contributed by atoms with Crippen molar-refractivity contribution in [2.75, 3.05) is 0 Å². The molecule has 0 unspecified atom stereocenters.